The lowest BCUT2D eigenvalue weighted by molar-refractivity contribution is -0.138. The van der Waals surface area contributed by atoms with Gasteiger partial charge in [0, 0.05) is 10.2 Å². The van der Waals surface area contributed by atoms with Gasteiger partial charge in [-0.1, -0.05) is 40.7 Å². The van der Waals surface area contributed by atoms with Crippen LogP contribution >= 0.6 is 15.9 Å². The minimum absolute atomic E-state index is 0.160. The number of rotatable bonds is 4. The quantitative estimate of drug-likeness (QED) is 0.657. The lowest BCUT2D eigenvalue weighted by atomic mass is 9.96. The van der Waals surface area contributed by atoms with Crippen molar-refractivity contribution >= 4 is 27.8 Å². The number of allylic oxidation sites excluding steroid dienone is 1. The molecule has 23 heavy (non-hydrogen) atoms. The number of benzene rings is 1. The Bertz CT molecular complexity index is 780. The highest BCUT2D eigenvalue weighted by Gasteiger charge is 2.34. The van der Waals surface area contributed by atoms with E-state index in [4.69, 9.17) is 4.74 Å². The normalized spacial score (nSPS) is 16.5. The molecule has 1 aromatic carbocycles. The molecule has 1 N–H and O–H groups in total. The zero-order chi connectivity index (χ0) is 16.4. The van der Waals surface area contributed by atoms with Crippen LogP contribution in [0, 0.1) is 0 Å². The van der Waals surface area contributed by atoms with Crippen LogP contribution in [0.4, 0.5) is 5.95 Å². The molecule has 0 bridgehead atoms. The summed E-state index contributed by atoms with van der Waals surface area (Å²) in [5, 5.41) is 7.35. The van der Waals surface area contributed by atoms with Gasteiger partial charge in [-0.3, -0.25) is 0 Å². The lowest BCUT2D eigenvalue weighted by Crippen LogP contribution is -2.29. The second kappa shape index (κ2) is 6.37. The van der Waals surface area contributed by atoms with Crippen molar-refractivity contribution in [2.75, 3.05) is 11.9 Å². The minimum atomic E-state index is -0.399. The van der Waals surface area contributed by atoms with Crippen LogP contribution in [-0.4, -0.2) is 27.3 Å². The number of carbonyl (C=O) groups is 1. The van der Waals surface area contributed by atoms with E-state index in [1.807, 2.05) is 31.2 Å². The molecule has 0 saturated heterocycles. The molecule has 1 aliphatic heterocycles. The first kappa shape index (κ1) is 15.5. The lowest BCUT2D eigenvalue weighted by Gasteiger charge is -2.28. The third-order valence-electron chi connectivity index (χ3n) is 3.53. The number of anilines is 1. The smallest absolute Gasteiger partial charge is 0.338 e. The van der Waals surface area contributed by atoms with Gasteiger partial charge in [0.25, 0.3) is 0 Å². The van der Waals surface area contributed by atoms with Gasteiger partial charge in [-0.25, -0.2) is 9.48 Å². The highest BCUT2D eigenvalue weighted by atomic mass is 79.9. The van der Waals surface area contributed by atoms with Gasteiger partial charge in [0.15, 0.2) is 0 Å². The van der Waals surface area contributed by atoms with E-state index in [1.165, 1.54) is 6.33 Å². The topological polar surface area (TPSA) is 69.0 Å². The SMILES string of the molecule is C=CCOC(=O)C1=C(C)Nc2ncnn2[C@@H]1c1ccc(Br)cc1. The van der Waals surface area contributed by atoms with E-state index in [0.29, 0.717) is 17.2 Å². The monoisotopic (exact) mass is 374 g/mol. The number of ether oxygens (including phenoxy) is 1. The van der Waals surface area contributed by atoms with Gasteiger partial charge >= 0.3 is 5.97 Å². The van der Waals surface area contributed by atoms with Crippen molar-refractivity contribution in [3.63, 3.8) is 0 Å². The van der Waals surface area contributed by atoms with E-state index in [2.05, 4.69) is 37.9 Å². The standard InChI is InChI=1S/C16H15BrN4O2/c1-3-8-23-15(22)13-10(2)20-16-18-9-19-21(16)14(13)11-4-6-12(17)7-5-11/h3-7,9,14H,1,8H2,2H3,(H,18,19,20)/t14-/m1/s1. The van der Waals surface area contributed by atoms with Crippen LogP contribution in [0.15, 0.2) is 59.0 Å². The van der Waals surface area contributed by atoms with Crippen molar-refractivity contribution in [1.82, 2.24) is 14.8 Å². The summed E-state index contributed by atoms with van der Waals surface area (Å²) >= 11 is 3.42. The molecule has 0 spiro atoms. The number of hydrogen-bond acceptors (Lipinski definition) is 5. The maximum Gasteiger partial charge on any atom is 0.338 e. The molecular weight excluding hydrogens is 360 g/mol. The Labute approximate surface area is 142 Å². The molecule has 6 nitrogen and oxygen atoms in total. The van der Waals surface area contributed by atoms with Gasteiger partial charge in [-0.15, -0.1) is 0 Å². The first-order valence-electron chi connectivity index (χ1n) is 7.02. The highest BCUT2D eigenvalue weighted by molar-refractivity contribution is 9.10. The fraction of sp³-hybridized carbons (Fsp3) is 0.188. The molecule has 0 unspecified atom stereocenters. The van der Waals surface area contributed by atoms with E-state index in [9.17, 15) is 4.79 Å². The summed E-state index contributed by atoms with van der Waals surface area (Å²) in [6, 6.07) is 7.35. The van der Waals surface area contributed by atoms with Crippen LogP contribution in [0.3, 0.4) is 0 Å². The van der Waals surface area contributed by atoms with E-state index in [0.717, 1.165) is 10.0 Å². The van der Waals surface area contributed by atoms with Crippen LogP contribution in [0.5, 0.6) is 0 Å². The van der Waals surface area contributed by atoms with Crippen LogP contribution in [-0.2, 0) is 9.53 Å². The third-order valence-corrected chi connectivity index (χ3v) is 4.06. The fourth-order valence-electron chi connectivity index (χ4n) is 2.52. The van der Waals surface area contributed by atoms with Crippen molar-refractivity contribution in [2.24, 2.45) is 0 Å². The van der Waals surface area contributed by atoms with Crippen LogP contribution < -0.4 is 5.32 Å². The molecule has 0 radical (unpaired) electrons. The summed E-state index contributed by atoms with van der Waals surface area (Å²) < 4.78 is 7.89. The van der Waals surface area contributed by atoms with E-state index < -0.39 is 5.97 Å². The van der Waals surface area contributed by atoms with Crippen molar-refractivity contribution in [2.45, 2.75) is 13.0 Å². The molecule has 7 heteroatoms. The molecule has 1 aromatic heterocycles. The number of hydrogen-bond donors (Lipinski definition) is 1. The maximum absolute atomic E-state index is 12.5. The third kappa shape index (κ3) is 2.92. The average molecular weight is 375 g/mol. The van der Waals surface area contributed by atoms with Crippen LogP contribution in [0.2, 0.25) is 0 Å². The first-order valence-corrected chi connectivity index (χ1v) is 7.82. The summed E-state index contributed by atoms with van der Waals surface area (Å²) in [6.45, 7) is 5.56. The Balaban J connectivity index is 2.08. The molecular formula is C16H15BrN4O2. The molecule has 0 saturated carbocycles. The number of esters is 1. The number of nitrogens with zero attached hydrogens (tertiary/aromatic N) is 3. The van der Waals surface area contributed by atoms with Gasteiger partial charge in [0.2, 0.25) is 5.95 Å². The highest BCUT2D eigenvalue weighted by Crippen LogP contribution is 2.35. The van der Waals surface area contributed by atoms with Gasteiger partial charge in [-0.2, -0.15) is 10.1 Å². The van der Waals surface area contributed by atoms with Gasteiger partial charge in [0.1, 0.15) is 19.0 Å². The summed E-state index contributed by atoms with van der Waals surface area (Å²) in [7, 11) is 0. The van der Waals surface area contributed by atoms with Gasteiger partial charge in [0.05, 0.1) is 5.57 Å². The molecule has 1 aliphatic rings. The Morgan fingerprint density at radius 3 is 2.91 bits per heavy atom. The van der Waals surface area contributed by atoms with Crippen molar-refractivity contribution in [1.29, 1.82) is 0 Å². The zero-order valence-corrected chi connectivity index (χ0v) is 14.1. The number of carbonyl (C=O) groups excluding carboxylic acids is 1. The molecule has 2 heterocycles. The largest absolute Gasteiger partial charge is 0.458 e. The molecule has 2 aromatic rings. The summed E-state index contributed by atoms with van der Waals surface area (Å²) in [6.07, 6.45) is 3.00. The van der Waals surface area contributed by atoms with Crippen molar-refractivity contribution in [3.05, 3.63) is 64.6 Å². The Hall–Kier alpha value is -2.41. The van der Waals surface area contributed by atoms with Gasteiger partial charge in [-0.05, 0) is 24.6 Å². The fourth-order valence-corrected chi connectivity index (χ4v) is 2.79. The first-order chi connectivity index (χ1) is 11.1. The molecule has 0 fully saturated rings. The molecule has 0 amide bonds. The average Bonchev–Trinajstić information content (AvgIpc) is 3.00. The second-order valence-corrected chi connectivity index (χ2v) is 5.95. The molecule has 3 rings (SSSR count). The van der Waals surface area contributed by atoms with Crippen molar-refractivity contribution in [3.8, 4) is 0 Å². The number of halogens is 1. The summed E-state index contributed by atoms with van der Waals surface area (Å²) in [5.74, 6) is 0.194. The summed E-state index contributed by atoms with van der Waals surface area (Å²) in [5.41, 5.74) is 2.13. The van der Waals surface area contributed by atoms with E-state index >= 15 is 0 Å². The minimum Gasteiger partial charge on any atom is -0.458 e. The maximum atomic E-state index is 12.5. The molecule has 0 aliphatic carbocycles. The van der Waals surface area contributed by atoms with Crippen LogP contribution in [0.25, 0.3) is 0 Å². The molecule has 1 atom stereocenters. The Kier molecular flexibility index (Phi) is 4.29. The van der Waals surface area contributed by atoms with E-state index in [1.54, 1.807) is 10.8 Å². The number of nitrogens with one attached hydrogen (secondary N) is 1. The summed E-state index contributed by atoms with van der Waals surface area (Å²) in [4.78, 5) is 16.7. The van der Waals surface area contributed by atoms with E-state index in [-0.39, 0.29) is 12.6 Å². The predicted molar refractivity (Wildman–Crippen MR) is 89.8 cm³/mol. The number of aromatic nitrogens is 3. The van der Waals surface area contributed by atoms with Crippen LogP contribution in [0.1, 0.15) is 18.5 Å². The predicted octanol–water partition coefficient (Wildman–Crippen LogP) is 3.06. The zero-order valence-electron chi connectivity index (χ0n) is 12.5. The Morgan fingerprint density at radius 2 is 2.22 bits per heavy atom. The van der Waals surface area contributed by atoms with Gasteiger partial charge < -0.3 is 10.1 Å². The Morgan fingerprint density at radius 1 is 1.48 bits per heavy atom. The molecule has 118 valence electrons. The second-order valence-electron chi connectivity index (χ2n) is 5.03. The number of fused-ring (bicyclic) bond motifs is 1. The van der Waals surface area contributed by atoms with Crippen molar-refractivity contribution < 1.29 is 9.53 Å².